The van der Waals surface area contributed by atoms with Gasteiger partial charge in [0.1, 0.15) is 0 Å². The Morgan fingerprint density at radius 3 is 1.81 bits per heavy atom. The van der Waals surface area contributed by atoms with E-state index in [1.807, 2.05) is 0 Å². The topological polar surface area (TPSA) is 29.5 Å². The fourth-order valence-electron chi connectivity index (χ4n) is 3.32. The normalized spacial score (nSPS) is 22.6. The molecule has 126 valence electrons. The molecule has 0 unspecified atom stereocenters. The van der Waals surface area contributed by atoms with Gasteiger partial charge in [-0.25, -0.2) is 0 Å². The van der Waals surface area contributed by atoms with Gasteiger partial charge >= 0.3 is 0 Å². The van der Waals surface area contributed by atoms with Gasteiger partial charge in [-0.15, -0.1) is 0 Å². The molecule has 1 aliphatic rings. The Hall–Kier alpha value is -0.0800. The number of aliphatic hydroxyl groups excluding tert-OH is 1. The van der Waals surface area contributed by atoms with Crippen LogP contribution in [-0.2, 0) is 4.74 Å². The molecule has 0 aliphatic heterocycles. The van der Waals surface area contributed by atoms with Gasteiger partial charge in [-0.3, -0.25) is 0 Å². The second-order valence-electron chi connectivity index (χ2n) is 6.88. The van der Waals surface area contributed by atoms with Gasteiger partial charge in [-0.05, 0) is 38.0 Å². The van der Waals surface area contributed by atoms with Gasteiger partial charge in [0.2, 0.25) is 0 Å². The molecular formula is C19H38O2. The number of aliphatic hydroxyl groups is 1. The third-order valence-electron chi connectivity index (χ3n) is 4.90. The van der Waals surface area contributed by atoms with Crippen molar-refractivity contribution in [1.82, 2.24) is 0 Å². The van der Waals surface area contributed by atoms with Crippen molar-refractivity contribution in [2.75, 3.05) is 13.2 Å². The lowest BCUT2D eigenvalue weighted by molar-refractivity contribution is 0.00963. The quantitative estimate of drug-likeness (QED) is 0.456. The van der Waals surface area contributed by atoms with Crippen LogP contribution in [0.4, 0.5) is 0 Å². The Kier molecular flexibility index (Phi) is 12.3. The van der Waals surface area contributed by atoms with Crippen molar-refractivity contribution in [3.8, 4) is 0 Å². The average molecular weight is 299 g/mol. The molecule has 1 saturated carbocycles. The molecule has 21 heavy (non-hydrogen) atoms. The molecule has 0 aromatic heterocycles. The van der Waals surface area contributed by atoms with Crippen molar-refractivity contribution in [3.05, 3.63) is 0 Å². The first-order valence-corrected chi connectivity index (χ1v) is 9.59. The van der Waals surface area contributed by atoms with Crippen LogP contribution < -0.4 is 0 Å². The van der Waals surface area contributed by atoms with Crippen LogP contribution >= 0.6 is 0 Å². The molecule has 0 aromatic rings. The highest BCUT2D eigenvalue weighted by atomic mass is 16.5. The molecule has 0 saturated heterocycles. The first-order chi connectivity index (χ1) is 10.4. The summed E-state index contributed by atoms with van der Waals surface area (Å²) in [5.41, 5.74) is 0. The van der Waals surface area contributed by atoms with Gasteiger partial charge in [-0.2, -0.15) is 0 Å². The highest BCUT2D eigenvalue weighted by Crippen LogP contribution is 2.25. The number of ether oxygens (including phenoxy) is 1. The smallest absolute Gasteiger partial charge is 0.0575 e. The van der Waals surface area contributed by atoms with E-state index < -0.39 is 0 Å². The van der Waals surface area contributed by atoms with Gasteiger partial charge in [0.25, 0.3) is 0 Å². The van der Waals surface area contributed by atoms with Crippen LogP contribution in [0, 0.1) is 5.92 Å². The molecule has 0 aromatic carbocycles. The summed E-state index contributed by atoms with van der Waals surface area (Å²) >= 11 is 0. The zero-order chi connectivity index (χ0) is 15.2. The minimum absolute atomic E-state index is 0.366. The molecule has 0 spiro atoms. The summed E-state index contributed by atoms with van der Waals surface area (Å²) in [4.78, 5) is 0. The molecule has 2 nitrogen and oxygen atoms in total. The summed E-state index contributed by atoms with van der Waals surface area (Å²) in [6.07, 6.45) is 18.9. The van der Waals surface area contributed by atoms with Crippen LogP contribution in [0.3, 0.4) is 0 Å². The second kappa shape index (κ2) is 13.6. The van der Waals surface area contributed by atoms with E-state index in [2.05, 4.69) is 6.92 Å². The summed E-state index contributed by atoms with van der Waals surface area (Å²) in [5, 5.41) is 9.11. The third kappa shape index (κ3) is 10.3. The van der Waals surface area contributed by atoms with Crippen LogP contribution in [0.15, 0.2) is 0 Å². The van der Waals surface area contributed by atoms with E-state index in [0.29, 0.717) is 18.6 Å². The molecule has 1 fully saturated rings. The van der Waals surface area contributed by atoms with Crippen molar-refractivity contribution in [3.63, 3.8) is 0 Å². The maximum absolute atomic E-state index is 9.11. The van der Waals surface area contributed by atoms with Gasteiger partial charge in [0, 0.05) is 13.2 Å². The Morgan fingerprint density at radius 1 is 0.762 bits per heavy atom. The lowest BCUT2D eigenvalue weighted by Gasteiger charge is -2.27. The molecular weight excluding hydrogens is 260 g/mol. The molecule has 0 bridgehead atoms. The average Bonchev–Trinajstić information content (AvgIpc) is 2.53. The minimum atomic E-state index is 0.366. The van der Waals surface area contributed by atoms with Gasteiger partial charge in [0.15, 0.2) is 0 Å². The van der Waals surface area contributed by atoms with Crippen molar-refractivity contribution in [1.29, 1.82) is 0 Å². The second-order valence-corrected chi connectivity index (χ2v) is 6.88. The zero-order valence-corrected chi connectivity index (χ0v) is 14.3. The lowest BCUT2D eigenvalue weighted by Crippen LogP contribution is -2.23. The number of rotatable bonds is 13. The standard InChI is InChI=1S/C19H38O2/c1-2-3-4-5-6-7-8-9-10-11-16-21-19-14-12-18(17-20)13-15-19/h18-20H,2-17H2,1H3. The van der Waals surface area contributed by atoms with Crippen molar-refractivity contribution in [2.45, 2.75) is 103 Å². The molecule has 0 atom stereocenters. The van der Waals surface area contributed by atoms with Gasteiger partial charge in [-0.1, -0.05) is 64.7 Å². The number of unbranched alkanes of at least 4 members (excludes halogenated alkanes) is 9. The third-order valence-corrected chi connectivity index (χ3v) is 4.90. The van der Waals surface area contributed by atoms with Crippen molar-refractivity contribution < 1.29 is 9.84 Å². The fourth-order valence-corrected chi connectivity index (χ4v) is 3.32. The minimum Gasteiger partial charge on any atom is -0.396 e. The highest BCUT2D eigenvalue weighted by molar-refractivity contribution is 4.72. The van der Waals surface area contributed by atoms with E-state index in [-0.39, 0.29) is 0 Å². The van der Waals surface area contributed by atoms with E-state index in [9.17, 15) is 0 Å². The first-order valence-electron chi connectivity index (χ1n) is 9.59. The van der Waals surface area contributed by atoms with E-state index in [1.165, 1.54) is 64.2 Å². The monoisotopic (exact) mass is 298 g/mol. The Morgan fingerprint density at radius 2 is 1.29 bits per heavy atom. The maximum Gasteiger partial charge on any atom is 0.0575 e. The number of hydrogen-bond acceptors (Lipinski definition) is 2. The van der Waals surface area contributed by atoms with Crippen molar-refractivity contribution in [2.24, 2.45) is 5.92 Å². The van der Waals surface area contributed by atoms with Crippen LogP contribution in [0.25, 0.3) is 0 Å². The molecule has 1 N–H and O–H groups in total. The summed E-state index contributed by atoms with van der Waals surface area (Å²) in [6.45, 7) is 3.59. The van der Waals surface area contributed by atoms with Crippen LogP contribution in [-0.4, -0.2) is 24.4 Å². The van der Waals surface area contributed by atoms with Crippen LogP contribution in [0.2, 0.25) is 0 Å². The van der Waals surface area contributed by atoms with E-state index in [0.717, 1.165) is 32.3 Å². The van der Waals surface area contributed by atoms with Crippen molar-refractivity contribution >= 4 is 0 Å². The summed E-state index contributed by atoms with van der Waals surface area (Å²) in [6, 6.07) is 0. The molecule has 1 rings (SSSR count). The molecule has 1 aliphatic carbocycles. The predicted octanol–water partition coefficient (Wildman–Crippen LogP) is 5.48. The zero-order valence-electron chi connectivity index (χ0n) is 14.3. The first kappa shape index (κ1) is 19.0. The lowest BCUT2D eigenvalue weighted by atomic mass is 9.88. The van der Waals surface area contributed by atoms with Crippen LogP contribution in [0.5, 0.6) is 0 Å². The van der Waals surface area contributed by atoms with E-state index >= 15 is 0 Å². The van der Waals surface area contributed by atoms with Gasteiger partial charge in [0.05, 0.1) is 6.10 Å². The Balaban J connectivity index is 1.77. The van der Waals surface area contributed by atoms with Crippen LogP contribution in [0.1, 0.15) is 96.8 Å². The van der Waals surface area contributed by atoms with E-state index in [1.54, 1.807) is 0 Å². The Bertz CT molecular complexity index is 210. The summed E-state index contributed by atoms with van der Waals surface area (Å²) in [5.74, 6) is 0.544. The maximum atomic E-state index is 9.11. The molecule has 2 heteroatoms. The Labute approximate surface area is 132 Å². The van der Waals surface area contributed by atoms with E-state index in [4.69, 9.17) is 9.84 Å². The molecule has 0 radical (unpaired) electrons. The number of hydrogen-bond donors (Lipinski definition) is 1. The summed E-state index contributed by atoms with van der Waals surface area (Å²) < 4.78 is 5.97. The summed E-state index contributed by atoms with van der Waals surface area (Å²) in [7, 11) is 0. The molecule has 0 amide bonds. The SMILES string of the molecule is CCCCCCCCCCCCOC1CCC(CO)CC1. The molecule has 0 heterocycles. The predicted molar refractivity (Wildman–Crippen MR) is 90.6 cm³/mol. The highest BCUT2D eigenvalue weighted by Gasteiger charge is 2.20. The largest absolute Gasteiger partial charge is 0.396 e. The fraction of sp³-hybridized carbons (Fsp3) is 1.00. The van der Waals surface area contributed by atoms with Gasteiger partial charge < -0.3 is 9.84 Å².